The van der Waals surface area contributed by atoms with Crippen LogP contribution in [0.15, 0.2) is 164 Å². The Balaban J connectivity index is 0.000000635. The fourth-order valence-electron chi connectivity index (χ4n) is 7.12. The van der Waals surface area contributed by atoms with E-state index in [0.29, 0.717) is 0 Å². The number of unbranched alkanes of at least 4 members (excludes halogenated alkanes) is 1. The number of benzene rings is 6. The Kier molecular flexibility index (Phi) is 10.1. The van der Waals surface area contributed by atoms with Crippen molar-refractivity contribution in [3.63, 3.8) is 0 Å². The highest BCUT2D eigenvalue weighted by Crippen LogP contribution is 2.38. The molecule has 0 unspecified atom stereocenters. The standard InChI is InChI=1S/C43H30N2.C4H10.C2H6/c1-3-12-30(13-4-1)31-22-25-38-36-18-7-9-20-40(36)45(42(38)26-23-31)35-17-11-14-32(28-35)33-24-27-43-39(29-33)37-19-8-10-21-41(37)44(43)34-15-5-2-6-16-34;1-3-4-2;1-2/h1-24,26-29H,25H2;3-4H2,1-2H3;1-2H3. The second-order valence-corrected chi connectivity index (χ2v) is 12.7. The highest BCUT2D eigenvalue weighted by molar-refractivity contribution is 6.10. The van der Waals surface area contributed by atoms with Crippen LogP contribution in [0.2, 0.25) is 0 Å². The van der Waals surface area contributed by atoms with Gasteiger partial charge in [-0.3, -0.25) is 0 Å². The molecule has 0 saturated carbocycles. The highest BCUT2D eigenvalue weighted by atomic mass is 15.0. The topological polar surface area (TPSA) is 9.86 Å². The number of aromatic nitrogens is 2. The van der Waals surface area contributed by atoms with Crippen molar-refractivity contribution < 1.29 is 0 Å². The summed E-state index contributed by atoms with van der Waals surface area (Å²) in [6.45, 7) is 8.36. The molecule has 0 bridgehead atoms. The molecule has 2 aromatic heterocycles. The molecule has 0 N–H and O–H groups in total. The van der Waals surface area contributed by atoms with Crippen LogP contribution in [0.25, 0.3) is 66.9 Å². The fourth-order valence-corrected chi connectivity index (χ4v) is 7.12. The first-order valence-electron chi connectivity index (χ1n) is 18.5. The number of fused-ring (bicyclic) bond motifs is 6. The zero-order valence-corrected chi connectivity index (χ0v) is 30.2. The maximum absolute atomic E-state index is 2.44. The normalized spacial score (nSPS) is 12.0. The van der Waals surface area contributed by atoms with Gasteiger partial charge in [0.25, 0.3) is 0 Å². The Bertz CT molecular complexity index is 2470. The number of hydrogen-bond acceptors (Lipinski definition) is 0. The van der Waals surface area contributed by atoms with E-state index in [2.05, 4.69) is 193 Å². The molecule has 51 heavy (non-hydrogen) atoms. The van der Waals surface area contributed by atoms with Gasteiger partial charge in [-0.25, -0.2) is 0 Å². The fraction of sp³-hybridized carbons (Fsp3) is 0.143. The Morgan fingerprint density at radius 1 is 0.451 bits per heavy atom. The van der Waals surface area contributed by atoms with Crippen molar-refractivity contribution in [2.45, 2.75) is 47.0 Å². The van der Waals surface area contributed by atoms with Gasteiger partial charge in [0.15, 0.2) is 0 Å². The van der Waals surface area contributed by atoms with Gasteiger partial charge >= 0.3 is 0 Å². The van der Waals surface area contributed by atoms with Crippen LogP contribution < -0.4 is 0 Å². The Hall–Kier alpha value is -5.86. The van der Waals surface area contributed by atoms with E-state index in [9.17, 15) is 0 Å². The Morgan fingerprint density at radius 3 is 1.75 bits per heavy atom. The predicted molar refractivity (Wildman–Crippen MR) is 222 cm³/mol. The predicted octanol–water partition coefficient (Wildman–Crippen LogP) is 13.9. The van der Waals surface area contributed by atoms with Crippen LogP contribution >= 0.6 is 0 Å². The molecule has 8 aromatic rings. The molecule has 0 aliphatic heterocycles. The van der Waals surface area contributed by atoms with Crippen molar-refractivity contribution in [3.05, 3.63) is 181 Å². The summed E-state index contributed by atoms with van der Waals surface area (Å²) in [5.74, 6) is 0. The molecule has 0 spiro atoms. The van der Waals surface area contributed by atoms with E-state index in [-0.39, 0.29) is 0 Å². The molecular formula is C49H46N2. The molecular weight excluding hydrogens is 617 g/mol. The quantitative estimate of drug-likeness (QED) is 0.174. The van der Waals surface area contributed by atoms with Gasteiger partial charge < -0.3 is 9.13 Å². The van der Waals surface area contributed by atoms with Gasteiger partial charge in [-0.2, -0.15) is 0 Å². The largest absolute Gasteiger partial charge is 0.310 e. The van der Waals surface area contributed by atoms with Crippen LogP contribution in [0.5, 0.6) is 0 Å². The molecule has 0 atom stereocenters. The molecule has 0 radical (unpaired) electrons. The Morgan fingerprint density at radius 2 is 1.02 bits per heavy atom. The van der Waals surface area contributed by atoms with Crippen molar-refractivity contribution >= 4 is 44.4 Å². The molecule has 2 heteroatoms. The van der Waals surface area contributed by atoms with Crippen LogP contribution in [0.1, 0.15) is 57.4 Å². The van der Waals surface area contributed by atoms with Gasteiger partial charge in [-0.05, 0) is 88.9 Å². The van der Waals surface area contributed by atoms with Crippen LogP contribution in [-0.4, -0.2) is 9.13 Å². The van der Waals surface area contributed by atoms with E-state index in [1.54, 1.807) is 0 Å². The molecule has 2 heterocycles. The molecule has 252 valence electrons. The lowest BCUT2D eigenvalue weighted by molar-refractivity contribution is 0.886. The number of nitrogens with zero attached hydrogens (tertiary/aromatic N) is 2. The van der Waals surface area contributed by atoms with Gasteiger partial charge in [0, 0.05) is 27.5 Å². The van der Waals surface area contributed by atoms with Crippen molar-refractivity contribution in [1.29, 1.82) is 0 Å². The molecule has 2 nitrogen and oxygen atoms in total. The number of hydrogen-bond donors (Lipinski definition) is 0. The van der Waals surface area contributed by atoms with Crippen molar-refractivity contribution in [2.75, 3.05) is 0 Å². The maximum atomic E-state index is 2.44. The van der Waals surface area contributed by atoms with Gasteiger partial charge in [0.05, 0.1) is 22.2 Å². The second kappa shape index (κ2) is 15.4. The van der Waals surface area contributed by atoms with Crippen molar-refractivity contribution in [2.24, 2.45) is 0 Å². The summed E-state index contributed by atoms with van der Waals surface area (Å²) in [7, 11) is 0. The summed E-state index contributed by atoms with van der Waals surface area (Å²) >= 11 is 0. The monoisotopic (exact) mass is 662 g/mol. The second-order valence-electron chi connectivity index (χ2n) is 12.7. The number of rotatable bonds is 5. The van der Waals surface area contributed by atoms with E-state index < -0.39 is 0 Å². The SMILES string of the molecule is C1=Cc2c(c3ccccc3n2-c2cccc(-c3ccc4c(c3)c3ccccc3n4-c3ccccc3)c2)CC=C1c1ccccc1.CC.CCCC. The van der Waals surface area contributed by atoms with Crippen LogP contribution in [-0.2, 0) is 6.42 Å². The van der Waals surface area contributed by atoms with Crippen LogP contribution in [0, 0.1) is 0 Å². The summed E-state index contributed by atoms with van der Waals surface area (Å²) < 4.78 is 4.81. The summed E-state index contributed by atoms with van der Waals surface area (Å²) in [6, 6.07) is 54.8. The lowest BCUT2D eigenvalue weighted by atomic mass is 10.0. The third kappa shape index (κ3) is 6.46. The maximum Gasteiger partial charge on any atom is 0.0541 e. The Labute approximate surface area is 302 Å². The van der Waals surface area contributed by atoms with Crippen LogP contribution in [0.3, 0.4) is 0 Å². The summed E-state index contributed by atoms with van der Waals surface area (Å²) in [5, 5.41) is 3.84. The summed E-state index contributed by atoms with van der Waals surface area (Å²) in [4.78, 5) is 0. The molecule has 0 fully saturated rings. The molecule has 0 amide bonds. The van der Waals surface area contributed by atoms with Crippen LogP contribution in [0.4, 0.5) is 0 Å². The van der Waals surface area contributed by atoms with E-state index >= 15 is 0 Å². The average Bonchev–Trinajstić information content (AvgIpc) is 3.61. The third-order valence-corrected chi connectivity index (χ3v) is 9.70. The van der Waals surface area contributed by atoms with E-state index in [1.807, 2.05) is 13.8 Å². The summed E-state index contributed by atoms with van der Waals surface area (Å²) in [6.07, 6.45) is 10.5. The first kappa shape index (κ1) is 33.6. The van der Waals surface area contributed by atoms with E-state index in [0.717, 1.165) is 6.42 Å². The zero-order chi connectivity index (χ0) is 35.2. The van der Waals surface area contributed by atoms with Gasteiger partial charge in [-0.15, -0.1) is 0 Å². The minimum atomic E-state index is 0.891. The molecule has 9 rings (SSSR count). The van der Waals surface area contributed by atoms with Gasteiger partial charge in [-0.1, -0.05) is 156 Å². The average molecular weight is 663 g/mol. The van der Waals surface area contributed by atoms with Gasteiger partial charge in [0.2, 0.25) is 0 Å². The first-order valence-corrected chi connectivity index (χ1v) is 18.5. The number of para-hydroxylation sites is 3. The smallest absolute Gasteiger partial charge is 0.0541 e. The number of allylic oxidation sites excluding steroid dienone is 3. The lowest BCUT2D eigenvalue weighted by Gasteiger charge is -2.12. The lowest BCUT2D eigenvalue weighted by Crippen LogP contribution is -1.98. The van der Waals surface area contributed by atoms with Gasteiger partial charge in [0.1, 0.15) is 0 Å². The molecule has 1 aliphatic rings. The minimum absolute atomic E-state index is 0.891. The van der Waals surface area contributed by atoms with E-state index in [4.69, 9.17) is 0 Å². The highest BCUT2D eigenvalue weighted by Gasteiger charge is 2.19. The molecule has 1 aliphatic carbocycles. The van der Waals surface area contributed by atoms with Crippen molar-refractivity contribution in [3.8, 4) is 22.5 Å². The minimum Gasteiger partial charge on any atom is -0.310 e. The van der Waals surface area contributed by atoms with E-state index in [1.165, 1.54) is 90.4 Å². The van der Waals surface area contributed by atoms with Crippen molar-refractivity contribution in [1.82, 2.24) is 9.13 Å². The third-order valence-electron chi connectivity index (χ3n) is 9.70. The molecule has 6 aromatic carbocycles. The first-order chi connectivity index (χ1) is 25.2. The zero-order valence-electron chi connectivity index (χ0n) is 30.2. The summed E-state index contributed by atoms with van der Waals surface area (Å²) in [5.41, 5.74) is 13.6. The molecule has 0 saturated heterocycles.